The number of aromatic nitrogens is 3. The number of aromatic amines is 2. The van der Waals surface area contributed by atoms with E-state index in [1.165, 1.54) is 5.69 Å². The average molecular weight is 351 g/mol. The van der Waals surface area contributed by atoms with Crippen molar-refractivity contribution >= 4 is 22.5 Å². The fraction of sp³-hybridized carbons (Fsp3) is 0.400. The molecule has 0 radical (unpaired) electrons. The van der Waals surface area contributed by atoms with Gasteiger partial charge in [-0.25, -0.2) is 4.98 Å². The highest BCUT2D eigenvalue weighted by molar-refractivity contribution is 5.98. The van der Waals surface area contributed by atoms with Crippen molar-refractivity contribution in [2.45, 2.75) is 20.8 Å². The van der Waals surface area contributed by atoms with Crippen molar-refractivity contribution in [2.24, 2.45) is 0 Å². The van der Waals surface area contributed by atoms with Crippen LogP contribution in [0.15, 0.2) is 18.2 Å². The van der Waals surface area contributed by atoms with Crippen molar-refractivity contribution in [3.8, 4) is 11.5 Å². The Morgan fingerprint density at radius 3 is 2.50 bits per heavy atom. The van der Waals surface area contributed by atoms with E-state index in [0.29, 0.717) is 0 Å². The van der Waals surface area contributed by atoms with Gasteiger partial charge in [0.25, 0.3) is 0 Å². The van der Waals surface area contributed by atoms with Gasteiger partial charge in [-0.1, -0.05) is 0 Å². The molecule has 1 aliphatic rings. The summed E-state index contributed by atoms with van der Waals surface area (Å²) in [6.45, 7) is 9.76. The summed E-state index contributed by atoms with van der Waals surface area (Å²) in [6.07, 6.45) is 0. The molecule has 0 spiro atoms. The molecule has 0 unspecified atom stereocenters. The van der Waals surface area contributed by atoms with E-state index in [4.69, 9.17) is 4.98 Å². The first-order valence-electron chi connectivity index (χ1n) is 9.08. The number of nitrogens with zero attached hydrogens (tertiary/aromatic N) is 3. The number of Topliss-reactive ketones (excluding diaryl/α,β-unsaturated/α-hetero) is 1. The molecule has 0 saturated carbocycles. The molecular formula is C20H25N5O. The Bertz CT molecular complexity index is 976. The number of likely N-dealkylation sites (N-methyl/N-ethyl adjacent to an activating group) is 1. The van der Waals surface area contributed by atoms with E-state index < -0.39 is 0 Å². The van der Waals surface area contributed by atoms with Crippen LogP contribution in [-0.2, 0) is 0 Å². The lowest BCUT2D eigenvalue weighted by Crippen LogP contribution is -2.44. The van der Waals surface area contributed by atoms with Gasteiger partial charge in [0, 0.05) is 43.1 Å². The number of piperazine rings is 1. The molecule has 0 atom stereocenters. The summed E-state index contributed by atoms with van der Waals surface area (Å²) in [5.74, 6) is 0.861. The van der Waals surface area contributed by atoms with Crippen molar-refractivity contribution in [3.05, 3.63) is 35.0 Å². The number of fused-ring (bicyclic) bond motifs is 1. The summed E-state index contributed by atoms with van der Waals surface area (Å²) in [7, 11) is 2.16. The number of hydrogen-bond acceptors (Lipinski definition) is 4. The Morgan fingerprint density at radius 2 is 1.85 bits per heavy atom. The summed E-state index contributed by atoms with van der Waals surface area (Å²) in [4.78, 5) is 28.1. The number of benzene rings is 1. The van der Waals surface area contributed by atoms with Crippen LogP contribution in [0.2, 0.25) is 0 Å². The first kappa shape index (κ1) is 16.8. The topological polar surface area (TPSA) is 68.0 Å². The number of nitrogens with one attached hydrogen (secondary N) is 2. The molecule has 4 rings (SSSR count). The second-order valence-corrected chi connectivity index (χ2v) is 7.26. The first-order valence-corrected chi connectivity index (χ1v) is 9.08. The van der Waals surface area contributed by atoms with E-state index in [1.807, 2.05) is 13.8 Å². The Morgan fingerprint density at radius 1 is 1.12 bits per heavy atom. The van der Waals surface area contributed by atoms with Crippen molar-refractivity contribution in [1.29, 1.82) is 0 Å². The normalized spacial score (nSPS) is 15.8. The fourth-order valence-corrected chi connectivity index (χ4v) is 3.89. The molecule has 0 bridgehead atoms. The molecule has 26 heavy (non-hydrogen) atoms. The quantitative estimate of drug-likeness (QED) is 0.712. The first-order chi connectivity index (χ1) is 12.4. The standard InChI is InChI=1S/C20H25N5O/c1-12-18(14(3)26)13(2)21-19(12)20-22-16-6-5-15(11-17(16)23-20)25-9-7-24(4)8-10-25/h5-6,11,21H,7-10H2,1-4H3,(H,22,23). The summed E-state index contributed by atoms with van der Waals surface area (Å²) in [6, 6.07) is 6.39. The highest BCUT2D eigenvalue weighted by Crippen LogP contribution is 2.29. The van der Waals surface area contributed by atoms with Crippen LogP contribution in [0.25, 0.3) is 22.6 Å². The number of carbonyl (C=O) groups is 1. The monoisotopic (exact) mass is 351 g/mol. The second kappa shape index (κ2) is 6.29. The summed E-state index contributed by atoms with van der Waals surface area (Å²) < 4.78 is 0. The predicted molar refractivity (Wildman–Crippen MR) is 105 cm³/mol. The number of anilines is 1. The van der Waals surface area contributed by atoms with Crippen molar-refractivity contribution < 1.29 is 4.79 Å². The molecule has 6 heteroatoms. The zero-order chi connectivity index (χ0) is 18.4. The van der Waals surface area contributed by atoms with Gasteiger partial charge in [0.05, 0.1) is 16.7 Å². The molecule has 0 amide bonds. The molecule has 3 heterocycles. The van der Waals surface area contributed by atoms with Crippen LogP contribution in [0.3, 0.4) is 0 Å². The van der Waals surface area contributed by atoms with Crippen LogP contribution in [-0.4, -0.2) is 58.9 Å². The van der Waals surface area contributed by atoms with Gasteiger partial charge in [-0.15, -0.1) is 0 Å². The van der Waals surface area contributed by atoms with Gasteiger partial charge in [0.2, 0.25) is 0 Å². The average Bonchev–Trinajstić information content (AvgIpc) is 3.15. The molecule has 1 aromatic carbocycles. The van der Waals surface area contributed by atoms with Crippen LogP contribution in [0.4, 0.5) is 5.69 Å². The maximum Gasteiger partial charge on any atom is 0.161 e. The number of aryl methyl sites for hydroxylation is 1. The SMILES string of the molecule is CC(=O)c1c(C)[nH]c(-c2nc3ccc(N4CCN(C)CC4)cc3[nH]2)c1C. The third-order valence-corrected chi connectivity index (χ3v) is 5.36. The number of imidazole rings is 1. The minimum atomic E-state index is 0.0796. The van der Waals surface area contributed by atoms with E-state index in [9.17, 15) is 4.79 Å². The molecule has 0 aliphatic carbocycles. The van der Waals surface area contributed by atoms with Crippen molar-refractivity contribution in [3.63, 3.8) is 0 Å². The largest absolute Gasteiger partial charge is 0.369 e. The Balaban J connectivity index is 1.70. The molecule has 2 N–H and O–H groups in total. The van der Waals surface area contributed by atoms with Gasteiger partial charge in [-0.3, -0.25) is 4.79 Å². The molecule has 1 aliphatic heterocycles. The van der Waals surface area contributed by atoms with Gasteiger partial charge in [0.15, 0.2) is 11.6 Å². The van der Waals surface area contributed by atoms with Crippen LogP contribution in [0.5, 0.6) is 0 Å². The highest BCUT2D eigenvalue weighted by Gasteiger charge is 2.19. The van der Waals surface area contributed by atoms with Crippen LogP contribution < -0.4 is 4.90 Å². The van der Waals surface area contributed by atoms with E-state index in [0.717, 1.165) is 65.6 Å². The summed E-state index contributed by atoms with van der Waals surface area (Å²) >= 11 is 0. The van der Waals surface area contributed by atoms with E-state index >= 15 is 0 Å². The lowest BCUT2D eigenvalue weighted by Gasteiger charge is -2.34. The van der Waals surface area contributed by atoms with Crippen LogP contribution >= 0.6 is 0 Å². The molecule has 2 aromatic heterocycles. The number of ketones is 1. The lowest BCUT2D eigenvalue weighted by molar-refractivity contribution is 0.101. The Labute approximate surface area is 153 Å². The number of H-pyrrole nitrogens is 2. The lowest BCUT2D eigenvalue weighted by atomic mass is 10.1. The zero-order valence-electron chi connectivity index (χ0n) is 15.8. The van der Waals surface area contributed by atoms with Gasteiger partial charge >= 0.3 is 0 Å². The van der Waals surface area contributed by atoms with E-state index in [-0.39, 0.29) is 5.78 Å². The van der Waals surface area contributed by atoms with E-state index in [1.54, 1.807) is 6.92 Å². The highest BCUT2D eigenvalue weighted by atomic mass is 16.1. The molecule has 1 saturated heterocycles. The molecular weight excluding hydrogens is 326 g/mol. The maximum atomic E-state index is 11.9. The van der Waals surface area contributed by atoms with Gasteiger partial charge in [0.1, 0.15) is 0 Å². The smallest absolute Gasteiger partial charge is 0.161 e. The molecule has 3 aromatic rings. The minimum absolute atomic E-state index is 0.0796. The third kappa shape index (κ3) is 2.80. The van der Waals surface area contributed by atoms with Gasteiger partial charge < -0.3 is 19.8 Å². The third-order valence-electron chi connectivity index (χ3n) is 5.36. The fourth-order valence-electron chi connectivity index (χ4n) is 3.89. The summed E-state index contributed by atoms with van der Waals surface area (Å²) in [5.41, 5.74) is 6.69. The van der Waals surface area contributed by atoms with Crippen molar-refractivity contribution in [2.75, 3.05) is 38.1 Å². The van der Waals surface area contributed by atoms with Crippen LogP contribution in [0, 0.1) is 13.8 Å². The number of hydrogen-bond donors (Lipinski definition) is 2. The van der Waals surface area contributed by atoms with Crippen molar-refractivity contribution in [1.82, 2.24) is 19.9 Å². The summed E-state index contributed by atoms with van der Waals surface area (Å²) in [5, 5.41) is 0. The van der Waals surface area contributed by atoms with E-state index in [2.05, 4.69) is 45.0 Å². The zero-order valence-corrected chi connectivity index (χ0v) is 15.8. The number of rotatable bonds is 3. The Kier molecular flexibility index (Phi) is 4.07. The number of carbonyl (C=O) groups excluding carboxylic acids is 1. The Hall–Kier alpha value is -2.60. The van der Waals surface area contributed by atoms with Crippen LogP contribution in [0.1, 0.15) is 28.5 Å². The van der Waals surface area contributed by atoms with Gasteiger partial charge in [-0.2, -0.15) is 0 Å². The van der Waals surface area contributed by atoms with Gasteiger partial charge in [-0.05, 0) is 51.6 Å². The second-order valence-electron chi connectivity index (χ2n) is 7.26. The predicted octanol–water partition coefficient (Wildman–Crippen LogP) is 3.13. The maximum absolute atomic E-state index is 11.9. The molecule has 136 valence electrons. The minimum Gasteiger partial charge on any atom is -0.369 e. The molecule has 6 nitrogen and oxygen atoms in total. The molecule has 1 fully saturated rings.